The zero-order valence-electron chi connectivity index (χ0n) is 9.69. The molecule has 1 aromatic carbocycles. The van der Waals surface area contributed by atoms with Gasteiger partial charge in [0.25, 0.3) is 0 Å². The van der Waals surface area contributed by atoms with Gasteiger partial charge in [0, 0.05) is 11.4 Å². The number of rotatable bonds is 2. The van der Waals surface area contributed by atoms with Gasteiger partial charge >= 0.3 is 0 Å². The number of carbonyl (C=O) groups excluding carboxylic acids is 1. The van der Waals surface area contributed by atoms with Gasteiger partial charge in [0.1, 0.15) is 0 Å². The molecule has 1 aromatic rings. The van der Waals surface area contributed by atoms with E-state index in [4.69, 9.17) is 0 Å². The van der Waals surface area contributed by atoms with Crippen molar-refractivity contribution in [3.05, 3.63) is 24.3 Å². The average molecular weight is 248 g/mol. The van der Waals surface area contributed by atoms with Crippen LogP contribution in [0, 0.1) is 5.92 Å². The Morgan fingerprint density at radius 1 is 1.41 bits per heavy atom. The summed E-state index contributed by atoms with van der Waals surface area (Å²) in [5.41, 5.74) is 1.10. The summed E-state index contributed by atoms with van der Waals surface area (Å²) in [4.78, 5) is 15.2. The SMILES string of the molecule is O=C1CSc2ccccc2N1C[C@H]1CCNC1. The van der Waals surface area contributed by atoms with Crippen LogP contribution < -0.4 is 10.2 Å². The van der Waals surface area contributed by atoms with Crippen LogP contribution in [-0.4, -0.2) is 31.3 Å². The lowest BCUT2D eigenvalue weighted by molar-refractivity contribution is -0.116. The third-order valence-corrected chi connectivity index (χ3v) is 4.46. The third kappa shape index (κ3) is 2.19. The molecule has 3 nitrogen and oxygen atoms in total. The first-order valence-electron chi connectivity index (χ1n) is 6.07. The molecule has 0 saturated carbocycles. The summed E-state index contributed by atoms with van der Waals surface area (Å²) in [6.45, 7) is 2.99. The van der Waals surface area contributed by atoms with Gasteiger partial charge in [-0.3, -0.25) is 4.79 Å². The Labute approximate surface area is 106 Å². The van der Waals surface area contributed by atoms with Gasteiger partial charge in [-0.1, -0.05) is 12.1 Å². The van der Waals surface area contributed by atoms with Crippen LogP contribution in [0.4, 0.5) is 5.69 Å². The molecule has 1 atom stereocenters. The highest BCUT2D eigenvalue weighted by atomic mass is 32.2. The Morgan fingerprint density at radius 3 is 3.12 bits per heavy atom. The van der Waals surface area contributed by atoms with Gasteiger partial charge in [0.2, 0.25) is 5.91 Å². The van der Waals surface area contributed by atoms with Gasteiger partial charge in [-0.2, -0.15) is 0 Å². The summed E-state index contributed by atoms with van der Waals surface area (Å²) in [5, 5.41) is 3.36. The number of amides is 1. The molecule has 1 fully saturated rings. The van der Waals surface area contributed by atoms with Crippen molar-refractivity contribution in [2.75, 3.05) is 30.3 Å². The summed E-state index contributed by atoms with van der Waals surface area (Å²) < 4.78 is 0. The number of thioether (sulfide) groups is 1. The Morgan fingerprint density at radius 2 is 2.29 bits per heavy atom. The van der Waals surface area contributed by atoms with Crippen LogP contribution in [0.5, 0.6) is 0 Å². The van der Waals surface area contributed by atoms with Crippen molar-refractivity contribution in [3.8, 4) is 0 Å². The molecule has 1 saturated heterocycles. The van der Waals surface area contributed by atoms with Crippen LogP contribution in [0.15, 0.2) is 29.2 Å². The minimum Gasteiger partial charge on any atom is -0.316 e. The molecular formula is C13H16N2OS. The van der Waals surface area contributed by atoms with E-state index in [0.717, 1.165) is 25.3 Å². The van der Waals surface area contributed by atoms with E-state index >= 15 is 0 Å². The van der Waals surface area contributed by atoms with E-state index in [0.29, 0.717) is 11.7 Å². The first-order valence-corrected chi connectivity index (χ1v) is 7.06. The Kier molecular flexibility index (Phi) is 3.07. The third-order valence-electron chi connectivity index (χ3n) is 3.41. The molecule has 0 aliphatic carbocycles. The maximum absolute atomic E-state index is 12.0. The Bertz CT molecular complexity index is 429. The monoisotopic (exact) mass is 248 g/mol. The fourth-order valence-corrected chi connectivity index (χ4v) is 3.42. The van der Waals surface area contributed by atoms with E-state index < -0.39 is 0 Å². The number of anilines is 1. The van der Waals surface area contributed by atoms with E-state index in [1.807, 2.05) is 17.0 Å². The van der Waals surface area contributed by atoms with Crippen LogP contribution >= 0.6 is 11.8 Å². The molecule has 0 spiro atoms. The van der Waals surface area contributed by atoms with Crippen molar-refractivity contribution in [2.45, 2.75) is 11.3 Å². The standard InChI is InChI=1S/C13H16N2OS/c16-13-9-17-12-4-2-1-3-11(12)15(13)8-10-5-6-14-7-10/h1-4,10,14H,5-9H2/t10-/m0/s1. The Hall–Kier alpha value is -1.00. The predicted octanol–water partition coefficient (Wildman–Crippen LogP) is 1.73. The van der Waals surface area contributed by atoms with E-state index in [-0.39, 0.29) is 5.91 Å². The summed E-state index contributed by atoms with van der Waals surface area (Å²) >= 11 is 1.65. The number of nitrogens with zero attached hydrogens (tertiary/aromatic N) is 1. The topological polar surface area (TPSA) is 32.3 Å². The van der Waals surface area contributed by atoms with Crippen LogP contribution in [0.3, 0.4) is 0 Å². The molecule has 0 aromatic heterocycles. The van der Waals surface area contributed by atoms with Gasteiger partial charge in [-0.05, 0) is 37.6 Å². The number of benzene rings is 1. The smallest absolute Gasteiger partial charge is 0.237 e. The quantitative estimate of drug-likeness (QED) is 0.865. The van der Waals surface area contributed by atoms with Crippen LogP contribution in [-0.2, 0) is 4.79 Å². The fraction of sp³-hybridized carbons (Fsp3) is 0.462. The van der Waals surface area contributed by atoms with Crippen molar-refractivity contribution in [1.29, 1.82) is 0 Å². The highest BCUT2D eigenvalue weighted by Crippen LogP contribution is 2.35. The summed E-state index contributed by atoms with van der Waals surface area (Å²) in [6, 6.07) is 8.21. The van der Waals surface area contributed by atoms with Crippen LogP contribution in [0.25, 0.3) is 0 Å². The lowest BCUT2D eigenvalue weighted by Crippen LogP contribution is -2.39. The van der Waals surface area contributed by atoms with Crippen molar-refractivity contribution < 1.29 is 4.79 Å². The van der Waals surface area contributed by atoms with Crippen LogP contribution in [0.2, 0.25) is 0 Å². The molecule has 1 N–H and O–H groups in total. The van der Waals surface area contributed by atoms with E-state index in [1.54, 1.807) is 11.8 Å². The second-order valence-corrected chi connectivity index (χ2v) is 5.64. The molecule has 2 aliphatic heterocycles. The van der Waals surface area contributed by atoms with Crippen LogP contribution in [0.1, 0.15) is 6.42 Å². The number of nitrogens with one attached hydrogen (secondary N) is 1. The lowest BCUT2D eigenvalue weighted by Gasteiger charge is -2.30. The minimum absolute atomic E-state index is 0.251. The van der Waals surface area contributed by atoms with Crippen molar-refractivity contribution >= 4 is 23.4 Å². The minimum atomic E-state index is 0.251. The average Bonchev–Trinajstić information content (AvgIpc) is 2.86. The number of fused-ring (bicyclic) bond motifs is 1. The van der Waals surface area contributed by atoms with Gasteiger partial charge in [-0.15, -0.1) is 11.8 Å². The van der Waals surface area contributed by atoms with Gasteiger partial charge in [0.15, 0.2) is 0 Å². The highest BCUT2D eigenvalue weighted by molar-refractivity contribution is 8.00. The molecule has 0 bridgehead atoms. The maximum atomic E-state index is 12.0. The Balaban J connectivity index is 1.84. The molecule has 0 radical (unpaired) electrons. The summed E-state index contributed by atoms with van der Waals surface area (Å²) in [5.74, 6) is 1.44. The van der Waals surface area contributed by atoms with Gasteiger partial charge < -0.3 is 10.2 Å². The number of carbonyl (C=O) groups is 1. The number of para-hydroxylation sites is 1. The molecule has 0 unspecified atom stereocenters. The zero-order valence-corrected chi connectivity index (χ0v) is 10.5. The van der Waals surface area contributed by atoms with E-state index in [9.17, 15) is 4.79 Å². The fourth-order valence-electron chi connectivity index (χ4n) is 2.48. The first kappa shape index (κ1) is 11.1. The molecule has 1 amide bonds. The first-order chi connectivity index (χ1) is 8.34. The number of hydrogen-bond donors (Lipinski definition) is 1. The summed E-state index contributed by atoms with van der Waals surface area (Å²) in [6.07, 6.45) is 1.18. The summed E-state index contributed by atoms with van der Waals surface area (Å²) in [7, 11) is 0. The maximum Gasteiger partial charge on any atom is 0.237 e. The van der Waals surface area contributed by atoms with E-state index in [1.165, 1.54) is 11.3 Å². The van der Waals surface area contributed by atoms with Crippen molar-refractivity contribution in [1.82, 2.24) is 5.32 Å². The van der Waals surface area contributed by atoms with Crippen molar-refractivity contribution in [2.24, 2.45) is 5.92 Å². The largest absolute Gasteiger partial charge is 0.316 e. The van der Waals surface area contributed by atoms with Crippen molar-refractivity contribution in [3.63, 3.8) is 0 Å². The molecule has 3 rings (SSSR count). The molecule has 90 valence electrons. The molecule has 17 heavy (non-hydrogen) atoms. The van der Waals surface area contributed by atoms with Gasteiger partial charge in [-0.25, -0.2) is 0 Å². The molecule has 2 aliphatic rings. The second-order valence-electron chi connectivity index (χ2n) is 4.62. The highest BCUT2D eigenvalue weighted by Gasteiger charge is 2.27. The van der Waals surface area contributed by atoms with Gasteiger partial charge in [0.05, 0.1) is 11.4 Å². The van der Waals surface area contributed by atoms with E-state index in [2.05, 4.69) is 17.4 Å². The normalized spacial score (nSPS) is 23.9. The predicted molar refractivity (Wildman–Crippen MR) is 70.5 cm³/mol. The lowest BCUT2D eigenvalue weighted by atomic mass is 10.1. The zero-order chi connectivity index (χ0) is 11.7. The number of hydrogen-bond acceptors (Lipinski definition) is 3. The second kappa shape index (κ2) is 4.70. The molecule has 4 heteroatoms. The molecule has 2 heterocycles. The molecular weight excluding hydrogens is 232 g/mol.